The lowest BCUT2D eigenvalue weighted by atomic mass is 10.0. The number of benzene rings is 2. The quantitative estimate of drug-likeness (QED) is 0.614. The van der Waals surface area contributed by atoms with E-state index in [-0.39, 0.29) is 29.7 Å². The summed E-state index contributed by atoms with van der Waals surface area (Å²) < 4.78 is 32.4. The highest BCUT2D eigenvalue weighted by atomic mass is 19.1. The van der Waals surface area contributed by atoms with Crippen LogP contribution < -0.4 is 5.32 Å². The highest BCUT2D eigenvalue weighted by molar-refractivity contribution is 5.76. The Kier molecular flexibility index (Phi) is 6.19. The SMILES string of the molecule is CCC(NC(=O)CCc1ncc(-c2ccc(F)cc2F)o1)c1ccc(C)cc1. The first-order valence-corrected chi connectivity index (χ1v) is 9.22. The molecule has 0 aliphatic heterocycles. The van der Waals surface area contributed by atoms with Crippen molar-refractivity contribution >= 4 is 5.91 Å². The van der Waals surface area contributed by atoms with Crippen LogP contribution in [-0.2, 0) is 11.2 Å². The molecule has 1 heterocycles. The summed E-state index contributed by atoms with van der Waals surface area (Å²) in [6.07, 6.45) is 2.65. The van der Waals surface area contributed by atoms with Crippen LogP contribution in [0.3, 0.4) is 0 Å². The van der Waals surface area contributed by atoms with Crippen LogP contribution in [0.15, 0.2) is 53.1 Å². The normalized spacial score (nSPS) is 12.0. The molecule has 0 saturated heterocycles. The Hall–Kier alpha value is -3.02. The Morgan fingerprint density at radius 3 is 2.61 bits per heavy atom. The molecule has 146 valence electrons. The Morgan fingerprint density at radius 1 is 1.18 bits per heavy atom. The number of nitrogens with one attached hydrogen (secondary N) is 1. The number of carbonyl (C=O) groups is 1. The lowest BCUT2D eigenvalue weighted by Gasteiger charge is -2.17. The minimum absolute atomic E-state index is 0.0541. The number of hydrogen-bond donors (Lipinski definition) is 1. The van der Waals surface area contributed by atoms with Gasteiger partial charge in [0.2, 0.25) is 5.91 Å². The number of oxazole rings is 1. The van der Waals surface area contributed by atoms with Crippen LogP contribution >= 0.6 is 0 Å². The van der Waals surface area contributed by atoms with Crippen molar-refractivity contribution in [2.45, 2.75) is 39.2 Å². The molecule has 0 fully saturated rings. The third kappa shape index (κ3) is 4.82. The zero-order chi connectivity index (χ0) is 20.1. The Labute approximate surface area is 162 Å². The predicted molar refractivity (Wildman–Crippen MR) is 103 cm³/mol. The summed E-state index contributed by atoms with van der Waals surface area (Å²) in [7, 11) is 0. The largest absolute Gasteiger partial charge is 0.441 e. The molecule has 2 aromatic carbocycles. The van der Waals surface area contributed by atoms with Crippen LogP contribution in [0.25, 0.3) is 11.3 Å². The number of halogens is 2. The van der Waals surface area contributed by atoms with E-state index in [1.807, 2.05) is 38.1 Å². The highest BCUT2D eigenvalue weighted by Gasteiger charge is 2.15. The van der Waals surface area contributed by atoms with Gasteiger partial charge in [-0.3, -0.25) is 4.79 Å². The monoisotopic (exact) mass is 384 g/mol. The molecule has 0 spiro atoms. The first-order chi connectivity index (χ1) is 13.5. The van der Waals surface area contributed by atoms with Crippen molar-refractivity contribution in [2.24, 2.45) is 0 Å². The van der Waals surface area contributed by atoms with Crippen molar-refractivity contribution in [1.29, 1.82) is 0 Å². The molecule has 1 N–H and O–H groups in total. The van der Waals surface area contributed by atoms with Crippen LogP contribution in [-0.4, -0.2) is 10.9 Å². The number of aromatic nitrogens is 1. The maximum absolute atomic E-state index is 13.8. The third-order valence-corrected chi connectivity index (χ3v) is 4.54. The van der Waals surface area contributed by atoms with E-state index in [9.17, 15) is 13.6 Å². The summed E-state index contributed by atoms with van der Waals surface area (Å²) in [4.78, 5) is 16.4. The van der Waals surface area contributed by atoms with Gasteiger partial charge in [0.05, 0.1) is 17.8 Å². The average molecular weight is 384 g/mol. The molecule has 1 aromatic heterocycles. The molecule has 0 bridgehead atoms. The molecule has 0 saturated carbocycles. The molecule has 3 aromatic rings. The molecule has 6 heteroatoms. The van der Waals surface area contributed by atoms with E-state index in [1.54, 1.807) is 0 Å². The summed E-state index contributed by atoms with van der Waals surface area (Å²) in [5, 5.41) is 3.02. The van der Waals surface area contributed by atoms with Gasteiger partial charge in [0.1, 0.15) is 11.6 Å². The smallest absolute Gasteiger partial charge is 0.220 e. The highest BCUT2D eigenvalue weighted by Crippen LogP contribution is 2.24. The van der Waals surface area contributed by atoms with Gasteiger partial charge >= 0.3 is 0 Å². The van der Waals surface area contributed by atoms with E-state index < -0.39 is 11.6 Å². The maximum Gasteiger partial charge on any atom is 0.220 e. The molecule has 0 aliphatic rings. The molecular formula is C22H22F2N2O2. The summed E-state index contributed by atoms with van der Waals surface area (Å²) in [6, 6.07) is 11.3. The number of amides is 1. The Balaban J connectivity index is 1.58. The molecule has 1 atom stereocenters. The van der Waals surface area contributed by atoms with Gasteiger partial charge in [-0.2, -0.15) is 0 Å². The fraction of sp³-hybridized carbons (Fsp3) is 0.273. The molecule has 1 unspecified atom stereocenters. The van der Waals surface area contributed by atoms with Crippen molar-refractivity contribution in [1.82, 2.24) is 10.3 Å². The number of aryl methyl sites for hydroxylation is 2. The minimum atomic E-state index is -0.718. The Bertz CT molecular complexity index is 951. The fourth-order valence-corrected chi connectivity index (χ4v) is 2.95. The second-order valence-corrected chi connectivity index (χ2v) is 6.68. The van der Waals surface area contributed by atoms with Gasteiger partial charge in [-0.15, -0.1) is 0 Å². The standard InChI is InChI=1S/C22H22F2N2O2/c1-3-19(15-6-4-14(2)5-7-15)26-21(27)10-11-22-25-13-20(28-22)17-9-8-16(23)12-18(17)24/h4-9,12-13,19H,3,10-11H2,1-2H3,(H,26,27). The molecule has 0 aliphatic carbocycles. The summed E-state index contributed by atoms with van der Waals surface area (Å²) in [5.41, 5.74) is 2.36. The van der Waals surface area contributed by atoms with Gasteiger partial charge < -0.3 is 9.73 Å². The lowest BCUT2D eigenvalue weighted by Crippen LogP contribution is -2.28. The van der Waals surface area contributed by atoms with E-state index >= 15 is 0 Å². The number of hydrogen-bond acceptors (Lipinski definition) is 3. The predicted octanol–water partition coefficient (Wildman–Crippen LogP) is 5.13. The van der Waals surface area contributed by atoms with Crippen molar-refractivity contribution in [2.75, 3.05) is 0 Å². The number of nitrogens with zero attached hydrogens (tertiary/aromatic N) is 1. The first-order valence-electron chi connectivity index (χ1n) is 9.22. The molecule has 1 amide bonds. The van der Waals surface area contributed by atoms with Gasteiger partial charge in [0.25, 0.3) is 0 Å². The van der Waals surface area contributed by atoms with Crippen LogP contribution in [0, 0.1) is 18.6 Å². The van der Waals surface area contributed by atoms with Gasteiger partial charge in [-0.1, -0.05) is 36.8 Å². The topological polar surface area (TPSA) is 55.1 Å². The van der Waals surface area contributed by atoms with Crippen molar-refractivity contribution in [3.8, 4) is 11.3 Å². The molecule has 4 nitrogen and oxygen atoms in total. The molecular weight excluding hydrogens is 362 g/mol. The van der Waals surface area contributed by atoms with E-state index in [0.717, 1.165) is 24.1 Å². The summed E-state index contributed by atoms with van der Waals surface area (Å²) in [6.45, 7) is 4.04. The van der Waals surface area contributed by atoms with E-state index in [1.165, 1.54) is 17.8 Å². The average Bonchev–Trinajstić information content (AvgIpc) is 3.14. The minimum Gasteiger partial charge on any atom is -0.441 e. The third-order valence-electron chi connectivity index (χ3n) is 4.54. The number of carbonyl (C=O) groups excluding carboxylic acids is 1. The van der Waals surface area contributed by atoms with Crippen molar-refractivity contribution in [3.63, 3.8) is 0 Å². The van der Waals surface area contributed by atoms with Gasteiger partial charge in [0.15, 0.2) is 11.7 Å². The Morgan fingerprint density at radius 2 is 1.93 bits per heavy atom. The molecule has 3 rings (SSSR count). The van der Waals surface area contributed by atoms with Crippen LogP contribution in [0.1, 0.15) is 42.8 Å². The van der Waals surface area contributed by atoms with E-state index in [4.69, 9.17) is 4.42 Å². The lowest BCUT2D eigenvalue weighted by molar-refractivity contribution is -0.121. The van der Waals surface area contributed by atoms with Crippen LogP contribution in [0.4, 0.5) is 8.78 Å². The number of rotatable bonds is 7. The zero-order valence-electron chi connectivity index (χ0n) is 15.8. The second kappa shape index (κ2) is 8.78. The van der Waals surface area contributed by atoms with Crippen LogP contribution in [0.2, 0.25) is 0 Å². The van der Waals surface area contributed by atoms with Crippen molar-refractivity contribution < 1.29 is 18.0 Å². The maximum atomic E-state index is 13.8. The summed E-state index contributed by atoms with van der Waals surface area (Å²) >= 11 is 0. The van der Waals surface area contributed by atoms with Gasteiger partial charge in [0, 0.05) is 18.9 Å². The van der Waals surface area contributed by atoms with Gasteiger partial charge in [-0.05, 0) is 31.0 Å². The first kappa shape index (κ1) is 19.7. The summed E-state index contributed by atoms with van der Waals surface area (Å²) in [5.74, 6) is -0.947. The van der Waals surface area contributed by atoms with Crippen molar-refractivity contribution in [3.05, 3.63) is 77.3 Å². The molecule has 0 radical (unpaired) electrons. The van der Waals surface area contributed by atoms with Gasteiger partial charge in [-0.25, -0.2) is 13.8 Å². The second-order valence-electron chi connectivity index (χ2n) is 6.68. The van der Waals surface area contributed by atoms with E-state index in [0.29, 0.717) is 12.3 Å². The fourth-order valence-electron chi connectivity index (χ4n) is 2.95. The van der Waals surface area contributed by atoms with E-state index in [2.05, 4.69) is 10.3 Å². The molecule has 28 heavy (non-hydrogen) atoms. The zero-order valence-corrected chi connectivity index (χ0v) is 15.8. The van der Waals surface area contributed by atoms with Crippen LogP contribution in [0.5, 0.6) is 0 Å².